The van der Waals surface area contributed by atoms with Gasteiger partial charge in [-0.1, -0.05) is 58.3 Å². The number of carbonyl (C=O) groups excluding carboxylic acids is 3. The summed E-state index contributed by atoms with van der Waals surface area (Å²) in [4.78, 5) is 35.1. The average molecular weight is 371 g/mol. The molecule has 0 saturated carbocycles. The van der Waals surface area contributed by atoms with E-state index in [1.165, 1.54) is 45.4 Å². The summed E-state index contributed by atoms with van der Waals surface area (Å²) >= 11 is 0. The summed E-state index contributed by atoms with van der Waals surface area (Å²) in [7, 11) is 0. The molecule has 0 heterocycles. The summed E-state index contributed by atoms with van der Waals surface area (Å²) in [6, 6.07) is -0.772. The van der Waals surface area contributed by atoms with Crippen molar-refractivity contribution < 1.29 is 19.1 Å². The van der Waals surface area contributed by atoms with Crippen molar-refractivity contribution in [2.24, 2.45) is 5.73 Å². The van der Waals surface area contributed by atoms with Crippen LogP contribution in [0.15, 0.2) is 0 Å². The Morgan fingerprint density at radius 2 is 1.46 bits per heavy atom. The van der Waals surface area contributed by atoms with Crippen molar-refractivity contribution in [1.29, 1.82) is 0 Å². The summed E-state index contributed by atoms with van der Waals surface area (Å²) in [5.74, 6) is -1.49. The zero-order valence-electron chi connectivity index (χ0n) is 16.7. The van der Waals surface area contributed by atoms with Crippen LogP contribution >= 0.6 is 0 Å². The number of unbranched alkanes of at least 4 members (excludes halogenated alkanes) is 9. The summed E-state index contributed by atoms with van der Waals surface area (Å²) in [6.45, 7) is 4.08. The number of carbonyl (C=O) groups is 3. The fraction of sp³-hybridized carbons (Fsp3) is 0.850. The van der Waals surface area contributed by atoms with Crippen LogP contribution in [0.2, 0.25) is 0 Å². The third-order valence-electron chi connectivity index (χ3n) is 4.31. The molecule has 1 amide bonds. The molecule has 0 saturated heterocycles. The van der Waals surface area contributed by atoms with Gasteiger partial charge in [-0.15, -0.1) is 0 Å². The van der Waals surface area contributed by atoms with Gasteiger partial charge >= 0.3 is 11.9 Å². The Balaban J connectivity index is 3.89. The lowest BCUT2D eigenvalue weighted by Gasteiger charge is -2.15. The average Bonchev–Trinajstić information content (AvgIpc) is 2.59. The maximum absolute atomic E-state index is 12.1. The number of hydrogen-bond donors (Lipinski definition) is 2. The van der Waals surface area contributed by atoms with Crippen molar-refractivity contribution in [2.75, 3.05) is 6.54 Å². The normalized spacial score (nSPS) is 11.8. The van der Waals surface area contributed by atoms with Gasteiger partial charge in [-0.25, -0.2) is 4.79 Å². The van der Waals surface area contributed by atoms with Gasteiger partial charge in [-0.3, -0.25) is 9.59 Å². The van der Waals surface area contributed by atoms with Gasteiger partial charge in [-0.05, 0) is 32.2 Å². The summed E-state index contributed by atoms with van der Waals surface area (Å²) in [5, 5.41) is 2.54. The van der Waals surface area contributed by atoms with E-state index in [9.17, 15) is 14.4 Å². The van der Waals surface area contributed by atoms with Crippen molar-refractivity contribution in [3.05, 3.63) is 0 Å². The Morgan fingerprint density at radius 1 is 0.885 bits per heavy atom. The van der Waals surface area contributed by atoms with E-state index in [2.05, 4.69) is 12.2 Å². The van der Waals surface area contributed by atoms with Crippen LogP contribution < -0.4 is 11.1 Å². The second kappa shape index (κ2) is 17.0. The summed E-state index contributed by atoms with van der Waals surface area (Å²) in [6.07, 6.45) is 12.6. The fourth-order valence-corrected chi connectivity index (χ4v) is 2.80. The first kappa shape index (κ1) is 24.6. The number of nitrogens with two attached hydrogens (primary N) is 1. The van der Waals surface area contributed by atoms with E-state index in [0.717, 1.165) is 25.7 Å². The molecule has 0 spiro atoms. The Morgan fingerprint density at radius 3 is 2.00 bits per heavy atom. The molecule has 0 aliphatic rings. The zero-order chi connectivity index (χ0) is 19.6. The van der Waals surface area contributed by atoms with Crippen LogP contribution in [-0.2, 0) is 19.1 Å². The van der Waals surface area contributed by atoms with Crippen LogP contribution in [0.1, 0.15) is 97.3 Å². The van der Waals surface area contributed by atoms with Gasteiger partial charge < -0.3 is 15.8 Å². The van der Waals surface area contributed by atoms with E-state index in [0.29, 0.717) is 19.4 Å². The predicted molar refractivity (Wildman–Crippen MR) is 103 cm³/mol. The second-order valence-corrected chi connectivity index (χ2v) is 6.91. The Labute approximate surface area is 158 Å². The maximum Gasteiger partial charge on any atom is 0.336 e. The molecular formula is C20H38N2O4. The third kappa shape index (κ3) is 14.9. The van der Waals surface area contributed by atoms with Crippen LogP contribution in [0.5, 0.6) is 0 Å². The largest absolute Gasteiger partial charge is 0.392 e. The Kier molecular flexibility index (Phi) is 16.1. The topological polar surface area (TPSA) is 98.5 Å². The van der Waals surface area contributed by atoms with Crippen LogP contribution in [0.25, 0.3) is 0 Å². The van der Waals surface area contributed by atoms with Gasteiger partial charge in [0.25, 0.3) is 0 Å². The molecule has 152 valence electrons. The first-order chi connectivity index (χ1) is 12.5. The molecule has 0 aromatic rings. The van der Waals surface area contributed by atoms with Gasteiger partial charge in [0.2, 0.25) is 5.91 Å². The Hall–Kier alpha value is -1.43. The fourth-order valence-electron chi connectivity index (χ4n) is 2.80. The Bertz CT molecular complexity index is 399. The molecule has 1 atom stereocenters. The van der Waals surface area contributed by atoms with Crippen molar-refractivity contribution >= 4 is 17.8 Å². The zero-order valence-corrected chi connectivity index (χ0v) is 16.7. The highest BCUT2D eigenvalue weighted by molar-refractivity contribution is 5.90. The van der Waals surface area contributed by atoms with Gasteiger partial charge in [-0.2, -0.15) is 0 Å². The molecule has 6 heteroatoms. The highest BCUT2D eigenvalue weighted by Crippen LogP contribution is 2.11. The first-order valence-electron chi connectivity index (χ1n) is 10.2. The quantitative estimate of drug-likeness (QED) is 0.246. The maximum atomic E-state index is 12.1. The highest BCUT2D eigenvalue weighted by Gasteiger charge is 2.23. The van der Waals surface area contributed by atoms with E-state index in [-0.39, 0.29) is 12.3 Å². The number of esters is 2. The minimum absolute atomic E-state index is 0.247. The standard InChI is InChI=1S/C20H38N2O4/c1-3-4-5-6-7-8-9-10-11-15-19(24)26-20(25)18(22-17(2)23)14-12-13-16-21/h18H,3-16,21H2,1-2H3,(H,22,23)/t18-/m0/s1. The van der Waals surface area contributed by atoms with Gasteiger partial charge in [0.05, 0.1) is 0 Å². The SMILES string of the molecule is CCCCCCCCCCCC(=O)OC(=O)[C@H](CCCCN)NC(C)=O. The van der Waals surface area contributed by atoms with Crippen LogP contribution in [-0.4, -0.2) is 30.4 Å². The molecule has 0 bridgehead atoms. The number of amides is 1. The highest BCUT2D eigenvalue weighted by atomic mass is 16.6. The monoisotopic (exact) mass is 370 g/mol. The molecular weight excluding hydrogens is 332 g/mol. The van der Waals surface area contributed by atoms with Gasteiger partial charge in [0.15, 0.2) is 0 Å². The molecule has 0 rings (SSSR count). The van der Waals surface area contributed by atoms with Crippen molar-refractivity contribution in [2.45, 2.75) is 103 Å². The lowest BCUT2D eigenvalue weighted by atomic mass is 10.1. The third-order valence-corrected chi connectivity index (χ3v) is 4.31. The van der Waals surface area contributed by atoms with E-state index in [4.69, 9.17) is 10.5 Å². The molecule has 6 nitrogen and oxygen atoms in total. The molecule has 0 aliphatic carbocycles. The first-order valence-corrected chi connectivity index (χ1v) is 10.2. The molecule has 26 heavy (non-hydrogen) atoms. The number of nitrogens with one attached hydrogen (secondary N) is 1. The lowest BCUT2D eigenvalue weighted by Crippen LogP contribution is -2.41. The van der Waals surface area contributed by atoms with Crippen molar-refractivity contribution in [1.82, 2.24) is 5.32 Å². The van der Waals surface area contributed by atoms with Crippen LogP contribution in [0.3, 0.4) is 0 Å². The van der Waals surface area contributed by atoms with E-state index >= 15 is 0 Å². The summed E-state index contributed by atoms with van der Waals surface area (Å²) < 4.78 is 4.89. The number of rotatable bonds is 16. The van der Waals surface area contributed by atoms with E-state index in [1.807, 2.05) is 0 Å². The molecule has 0 fully saturated rings. The van der Waals surface area contributed by atoms with E-state index < -0.39 is 18.0 Å². The molecule has 0 radical (unpaired) electrons. The second-order valence-electron chi connectivity index (χ2n) is 6.91. The number of hydrogen-bond acceptors (Lipinski definition) is 5. The molecule has 0 unspecified atom stereocenters. The van der Waals surface area contributed by atoms with Crippen molar-refractivity contribution in [3.8, 4) is 0 Å². The van der Waals surface area contributed by atoms with Gasteiger partial charge in [0.1, 0.15) is 6.04 Å². The van der Waals surface area contributed by atoms with E-state index in [1.54, 1.807) is 0 Å². The van der Waals surface area contributed by atoms with Crippen LogP contribution in [0.4, 0.5) is 0 Å². The van der Waals surface area contributed by atoms with Crippen molar-refractivity contribution in [3.63, 3.8) is 0 Å². The lowest BCUT2D eigenvalue weighted by molar-refractivity contribution is -0.162. The molecule has 0 aromatic carbocycles. The predicted octanol–water partition coefficient (Wildman–Crippen LogP) is 3.61. The summed E-state index contributed by atoms with van der Waals surface area (Å²) in [5.41, 5.74) is 5.43. The van der Waals surface area contributed by atoms with Gasteiger partial charge in [0, 0.05) is 13.3 Å². The minimum Gasteiger partial charge on any atom is -0.392 e. The number of ether oxygens (including phenoxy) is 1. The molecule has 3 N–H and O–H groups in total. The smallest absolute Gasteiger partial charge is 0.336 e. The minimum atomic E-state index is -0.772. The van der Waals surface area contributed by atoms with Crippen LogP contribution in [0, 0.1) is 0 Å². The molecule has 0 aliphatic heterocycles. The molecule has 0 aromatic heterocycles.